The molecule has 62 valence electrons. The Hall–Kier alpha value is -0.600. The molecular formula is C8H6Cl2N2. The summed E-state index contributed by atoms with van der Waals surface area (Å²) in [6, 6.07) is 0. The smallest absolute Gasteiger partial charge is 0.141 e. The molecule has 0 radical (unpaired) electrons. The van der Waals surface area contributed by atoms with Crippen LogP contribution in [0.25, 0.3) is 0 Å². The van der Waals surface area contributed by atoms with Crippen molar-refractivity contribution in [3.63, 3.8) is 0 Å². The number of rotatable bonds is 0. The molecule has 4 heteroatoms. The molecule has 0 N–H and O–H groups in total. The third-order valence-corrected chi connectivity index (χ3v) is 2.55. The molecule has 1 unspecified atom stereocenters. The van der Waals surface area contributed by atoms with Gasteiger partial charge in [-0.05, 0) is 6.42 Å². The minimum atomic E-state index is 0.127. The van der Waals surface area contributed by atoms with Gasteiger partial charge in [0.25, 0.3) is 0 Å². The van der Waals surface area contributed by atoms with Crippen LogP contribution in [0.15, 0.2) is 34.0 Å². The van der Waals surface area contributed by atoms with Crippen LogP contribution < -0.4 is 0 Å². The Balaban J connectivity index is 2.44. The Morgan fingerprint density at radius 1 is 1.33 bits per heavy atom. The molecule has 0 saturated heterocycles. The van der Waals surface area contributed by atoms with E-state index in [1.165, 1.54) is 0 Å². The maximum absolute atomic E-state index is 5.87. The van der Waals surface area contributed by atoms with Gasteiger partial charge in [-0.25, -0.2) is 0 Å². The standard InChI is InChI=1S/C8H6Cl2N2/c9-7-5-3-1-2-4-6(5)8(10)12-11-7/h1-3,6H,4H2. The molecule has 1 aliphatic heterocycles. The number of nitrogens with zero attached hydrogens (tertiary/aromatic N) is 2. The van der Waals surface area contributed by atoms with Gasteiger partial charge in [0.1, 0.15) is 5.17 Å². The van der Waals surface area contributed by atoms with Crippen molar-refractivity contribution in [1.82, 2.24) is 0 Å². The third-order valence-electron chi connectivity index (χ3n) is 1.92. The van der Waals surface area contributed by atoms with Gasteiger partial charge in [-0.2, -0.15) is 0 Å². The maximum Gasteiger partial charge on any atom is 0.155 e. The number of fused-ring (bicyclic) bond motifs is 1. The Labute approximate surface area is 80.3 Å². The lowest BCUT2D eigenvalue weighted by Crippen LogP contribution is -2.20. The van der Waals surface area contributed by atoms with Crippen molar-refractivity contribution in [3.05, 3.63) is 23.8 Å². The molecule has 2 aliphatic rings. The normalized spacial score (nSPS) is 27.2. The molecule has 0 fully saturated rings. The van der Waals surface area contributed by atoms with Crippen molar-refractivity contribution < 1.29 is 0 Å². The van der Waals surface area contributed by atoms with Gasteiger partial charge >= 0.3 is 0 Å². The quantitative estimate of drug-likeness (QED) is 0.575. The van der Waals surface area contributed by atoms with Gasteiger partial charge in [0.15, 0.2) is 5.17 Å². The summed E-state index contributed by atoms with van der Waals surface area (Å²) in [5.41, 5.74) is 0.971. The first-order valence-electron chi connectivity index (χ1n) is 3.62. The van der Waals surface area contributed by atoms with Crippen LogP contribution in [0.2, 0.25) is 0 Å². The van der Waals surface area contributed by atoms with E-state index in [1.54, 1.807) is 0 Å². The lowest BCUT2D eigenvalue weighted by atomic mass is 9.92. The van der Waals surface area contributed by atoms with Crippen LogP contribution in [0.4, 0.5) is 0 Å². The lowest BCUT2D eigenvalue weighted by molar-refractivity contribution is 0.836. The van der Waals surface area contributed by atoms with Crippen LogP contribution in [0.5, 0.6) is 0 Å². The van der Waals surface area contributed by atoms with Crippen molar-refractivity contribution >= 4 is 33.5 Å². The summed E-state index contributed by atoms with van der Waals surface area (Å²) in [4.78, 5) is 0. The van der Waals surface area contributed by atoms with E-state index in [9.17, 15) is 0 Å². The van der Waals surface area contributed by atoms with E-state index < -0.39 is 0 Å². The molecule has 1 aliphatic carbocycles. The van der Waals surface area contributed by atoms with Crippen molar-refractivity contribution in [3.8, 4) is 0 Å². The second-order valence-corrected chi connectivity index (χ2v) is 3.40. The van der Waals surface area contributed by atoms with Crippen molar-refractivity contribution in [2.75, 3.05) is 0 Å². The SMILES string of the molecule is ClC1=NN=C(Cl)C2CC=CC=C12. The molecule has 2 rings (SSSR count). The van der Waals surface area contributed by atoms with E-state index in [0.29, 0.717) is 10.3 Å². The number of allylic oxidation sites excluding steroid dienone is 4. The minimum absolute atomic E-state index is 0.127. The molecule has 0 aromatic heterocycles. The van der Waals surface area contributed by atoms with Crippen LogP contribution in [-0.4, -0.2) is 10.3 Å². The van der Waals surface area contributed by atoms with Gasteiger partial charge in [0, 0.05) is 11.5 Å². The Morgan fingerprint density at radius 3 is 2.92 bits per heavy atom. The zero-order chi connectivity index (χ0) is 8.55. The van der Waals surface area contributed by atoms with Crippen LogP contribution in [0, 0.1) is 5.92 Å². The first kappa shape index (κ1) is 8.02. The van der Waals surface area contributed by atoms with Gasteiger partial charge < -0.3 is 0 Å². The Kier molecular flexibility index (Phi) is 2.03. The second-order valence-electron chi connectivity index (χ2n) is 2.65. The van der Waals surface area contributed by atoms with Crippen molar-refractivity contribution in [2.24, 2.45) is 16.1 Å². The zero-order valence-electron chi connectivity index (χ0n) is 6.17. The van der Waals surface area contributed by atoms with E-state index in [1.807, 2.05) is 18.2 Å². The summed E-state index contributed by atoms with van der Waals surface area (Å²) in [6.07, 6.45) is 6.79. The molecular weight excluding hydrogens is 195 g/mol. The van der Waals surface area contributed by atoms with E-state index in [-0.39, 0.29) is 5.92 Å². The third kappa shape index (κ3) is 1.21. The molecule has 0 amide bonds. The molecule has 12 heavy (non-hydrogen) atoms. The number of hydrogen-bond acceptors (Lipinski definition) is 2. The average molecular weight is 201 g/mol. The summed E-state index contributed by atoms with van der Waals surface area (Å²) in [5, 5.41) is 8.47. The summed E-state index contributed by atoms with van der Waals surface area (Å²) < 4.78 is 0. The monoisotopic (exact) mass is 200 g/mol. The molecule has 0 saturated carbocycles. The molecule has 0 spiro atoms. The largest absolute Gasteiger partial charge is 0.155 e. The average Bonchev–Trinajstić information content (AvgIpc) is 2.12. The maximum atomic E-state index is 5.87. The van der Waals surface area contributed by atoms with E-state index in [4.69, 9.17) is 23.2 Å². The fourth-order valence-electron chi connectivity index (χ4n) is 1.29. The molecule has 1 atom stereocenters. The fraction of sp³-hybridized carbons (Fsp3) is 0.250. The first-order valence-corrected chi connectivity index (χ1v) is 4.38. The number of halogens is 2. The van der Waals surface area contributed by atoms with E-state index in [2.05, 4.69) is 10.2 Å². The summed E-state index contributed by atoms with van der Waals surface area (Å²) in [7, 11) is 0. The summed E-state index contributed by atoms with van der Waals surface area (Å²) in [5.74, 6) is 0.127. The lowest BCUT2D eigenvalue weighted by Gasteiger charge is -2.20. The van der Waals surface area contributed by atoms with E-state index >= 15 is 0 Å². The molecule has 1 heterocycles. The highest BCUT2D eigenvalue weighted by Crippen LogP contribution is 2.29. The topological polar surface area (TPSA) is 24.7 Å². The van der Waals surface area contributed by atoms with Gasteiger partial charge in [-0.3, -0.25) is 0 Å². The molecule has 0 bridgehead atoms. The van der Waals surface area contributed by atoms with Gasteiger partial charge in [0.05, 0.1) is 0 Å². The van der Waals surface area contributed by atoms with Crippen LogP contribution in [0.3, 0.4) is 0 Å². The molecule has 0 aromatic carbocycles. The van der Waals surface area contributed by atoms with Crippen molar-refractivity contribution in [2.45, 2.75) is 6.42 Å². The van der Waals surface area contributed by atoms with Crippen LogP contribution >= 0.6 is 23.2 Å². The molecule has 0 aromatic rings. The Bertz CT molecular complexity index is 326. The highest BCUT2D eigenvalue weighted by molar-refractivity contribution is 6.73. The first-order chi connectivity index (χ1) is 5.79. The summed E-state index contributed by atoms with van der Waals surface area (Å²) in [6.45, 7) is 0. The highest BCUT2D eigenvalue weighted by atomic mass is 35.5. The number of hydrogen-bond donors (Lipinski definition) is 0. The second kappa shape index (κ2) is 3.04. The van der Waals surface area contributed by atoms with Crippen LogP contribution in [0.1, 0.15) is 6.42 Å². The molecule has 2 nitrogen and oxygen atoms in total. The predicted molar refractivity (Wildman–Crippen MR) is 51.9 cm³/mol. The van der Waals surface area contributed by atoms with Gasteiger partial charge in [-0.1, -0.05) is 41.4 Å². The fourth-order valence-corrected chi connectivity index (χ4v) is 1.76. The zero-order valence-corrected chi connectivity index (χ0v) is 7.68. The Morgan fingerprint density at radius 2 is 2.17 bits per heavy atom. The van der Waals surface area contributed by atoms with Gasteiger partial charge in [-0.15, -0.1) is 10.2 Å². The van der Waals surface area contributed by atoms with Crippen molar-refractivity contribution in [1.29, 1.82) is 0 Å². The summed E-state index contributed by atoms with van der Waals surface area (Å²) >= 11 is 11.7. The van der Waals surface area contributed by atoms with Gasteiger partial charge in [0.2, 0.25) is 0 Å². The highest BCUT2D eigenvalue weighted by Gasteiger charge is 2.25. The van der Waals surface area contributed by atoms with Crippen LogP contribution in [-0.2, 0) is 0 Å². The minimum Gasteiger partial charge on any atom is -0.141 e. The predicted octanol–water partition coefficient (Wildman–Crippen LogP) is 2.69. The van der Waals surface area contributed by atoms with E-state index in [0.717, 1.165) is 12.0 Å².